The minimum absolute atomic E-state index is 0. The monoisotopic (exact) mass is 520 g/mol. The lowest BCUT2D eigenvalue weighted by Gasteiger charge is -2.30. The summed E-state index contributed by atoms with van der Waals surface area (Å²) in [6, 6.07) is 12.0. The van der Waals surface area contributed by atoms with Crippen molar-refractivity contribution in [3.8, 4) is 11.6 Å². The van der Waals surface area contributed by atoms with Crippen molar-refractivity contribution in [1.29, 1.82) is 0 Å². The van der Waals surface area contributed by atoms with Crippen molar-refractivity contribution in [2.75, 3.05) is 46.9 Å². The highest BCUT2D eigenvalue weighted by Gasteiger charge is 2.26. The predicted octanol–water partition coefficient (Wildman–Crippen LogP) is -6.43. The number of para-hydroxylation sites is 2. The van der Waals surface area contributed by atoms with E-state index in [0.29, 0.717) is 23.6 Å². The van der Waals surface area contributed by atoms with Crippen LogP contribution in [0.2, 0.25) is 0 Å². The van der Waals surface area contributed by atoms with E-state index in [1.807, 2.05) is 22.8 Å². The first-order valence-corrected chi connectivity index (χ1v) is 11.4. The maximum Gasteiger partial charge on any atom is 0.277 e. The molecule has 0 amide bonds. The number of methoxy groups -OCH3 is 2. The number of pyridine rings is 1. The number of aromatic nitrogens is 4. The number of nitrogens with zero attached hydrogens (tertiary/aromatic N) is 4. The molecule has 0 atom stereocenters. The van der Waals surface area contributed by atoms with Gasteiger partial charge in [-0.15, -0.1) is 0 Å². The number of hydrogen-bond acceptors (Lipinski definition) is 5. The van der Waals surface area contributed by atoms with Crippen LogP contribution in [0.25, 0.3) is 16.7 Å². The number of quaternary nitrogens is 2. The number of ether oxygens (including phenoxy) is 2. The number of benzene rings is 1. The minimum Gasteiger partial charge on any atom is -1.00 e. The van der Waals surface area contributed by atoms with Gasteiger partial charge in [-0.3, -0.25) is 14.1 Å². The molecule has 3 aromatic heterocycles. The fourth-order valence-corrected chi connectivity index (χ4v) is 4.87. The highest BCUT2D eigenvalue weighted by atomic mass is 35.5. The zero-order valence-electron chi connectivity index (χ0n) is 19.8. The summed E-state index contributed by atoms with van der Waals surface area (Å²) in [6.07, 6.45) is 4.15. The first kappa shape index (κ1) is 26.7. The van der Waals surface area contributed by atoms with Crippen LogP contribution in [-0.4, -0.2) is 65.9 Å². The van der Waals surface area contributed by atoms with E-state index in [9.17, 15) is 4.79 Å². The summed E-state index contributed by atoms with van der Waals surface area (Å²) in [6.45, 7) is 6.03. The normalized spacial score (nSPS) is 17.5. The SMILES string of the molecule is COc1ccc2c(n1)n1cncc1c(=O)n2CCC[NH+]1CC[NH+](c2ccccc2OC)CC1.[Cl-].[Cl-]. The summed E-state index contributed by atoms with van der Waals surface area (Å²) in [4.78, 5) is 24.9. The van der Waals surface area contributed by atoms with Crippen molar-refractivity contribution in [1.82, 2.24) is 18.9 Å². The molecule has 0 saturated carbocycles. The van der Waals surface area contributed by atoms with Crippen LogP contribution in [0.1, 0.15) is 6.42 Å². The van der Waals surface area contributed by atoms with E-state index >= 15 is 0 Å². The number of hydrogen-bond donors (Lipinski definition) is 2. The summed E-state index contributed by atoms with van der Waals surface area (Å²) in [5.74, 6) is 1.48. The number of piperazine rings is 1. The van der Waals surface area contributed by atoms with Crippen molar-refractivity contribution < 1.29 is 44.1 Å². The van der Waals surface area contributed by atoms with Crippen molar-refractivity contribution in [2.24, 2.45) is 0 Å². The smallest absolute Gasteiger partial charge is 0.277 e. The molecule has 35 heavy (non-hydrogen) atoms. The lowest BCUT2D eigenvalue weighted by Crippen LogP contribution is -3.26. The van der Waals surface area contributed by atoms with Gasteiger partial charge in [-0.1, -0.05) is 12.1 Å². The zero-order valence-corrected chi connectivity index (χ0v) is 21.3. The number of fused-ring (bicyclic) bond motifs is 3. The highest BCUT2D eigenvalue weighted by molar-refractivity contribution is 5.75. The Morgan fingerprint density at radius 3 is 2.49 bits per heavy atom. The fourth-order valence-electron chi connectivity index (χ4n) is 4.87. The summed E-state index contributed by atoms with van der Waals surface area (Å²) in [5.41, 5.74) is 3.22. The second kappa shape index (κ2) is 11.7. The Bertz CT molecular complexity index is 1330. The molecule has 0 bridgehead atoms. The Morgan fingerprint density at radius 2 is 1.74 bits per heavy atom. The molecule has 1 saturated heterocycles. The molecule has 0 aliphatic carbocycles. The van der Waals surface area contributed by atoms with Crippen LogP contribution in [0.4, 0.5) is 5.69 Å². The Balaban J connectivity index is 0.00000171. The minimum atomic E-state index is -0.0348. The predicted molar refractivity (Wildman–Crippen MR) is 125 cm³/mol. The van der Waals surface area contributed by atoms with Crippen molar-refractivity contribution in [3.63, 3.8) is 0 Å². The Morgan fingerprint density at radius 1 is 0.971 bits per heavy atom. The van der Waals surface area contributed by atoms with Crippen LogP contribution in [0, 0.1) is 0 Å². The lowest BCUT2D eigenvalue weighted by molar-refractivity contribution is -0.986. The van der Waals surface area contributed by atoms with Gasteiger partial charge in [0.2, 0.25) is 5.88 Å². The van der Waals surface area contributed by atoms with E-state index in [2.05, 4.69) is 22.1 Å². The largest absolute Gasteiger partial charge is 1.00 e. The van der Waals surface area contributed by atoms with Crippen LogP contribution in [0.15, 0.2) is 53.7 Å². The van der Waals surface area contributed by atoms with E-state index in [0.717, 1.165) is 50.4 Å². The molecule has 188 valence electrons. The zero-order chi connectivity index (χ0) is 22.8. The molecular weight excluding hydrogens is 491 g/mol. The van der Waals surface area contributed by atoms with Gasteiger partial charge >= 0.3 is 0 Å². The average molecular weight is 521 g/mol. The van der Waals surface area contributed by atoms with Gasteiger partial charge in [-0.2, -0.15) is 4.98 Å². The second-order valence-electron chi connectivity index (χ2n) is 8.46. The van der Waals surface area contributed by atoms with Crippen molar-refractivity contribution in [3.05, 3.63) is 59.3 Å². The number of halogens is 2. The third kappa shape index (κ3) is 5.23. The summed E-state index contributed by atoms with van der Waals surface area (Å²) >= 11 is 0. The first-order chi connectivity index (χ1) is 16.2. The molecule has 4 heterocycles. The molecule has 1 aliphatic heterocycles. The fraction of sp³-hybridized carbons (Fsp3) is 0.375. The standard InChI is InChI=1S/C24H28N6O3.2ClH/c1-32-21-7-4-3-6-18(21)28-14-12-27(13-15-28)10-5-11-29-19-8-9-22(33-2)26-23(19)30-17-25-16-20(30)24(29)31;;/h3-4,6-9,16-17H,5,10-15H2,1-2H3;2*1H. The maximum atomic E-state index is 13.1. The molecule has 0 unspecified atom stereocenters. The van der Waals surface area contributed by atoms with Gasteiger partial charge in [0, 0.05) is 25.1 Å². The topological polar surface area (TPSA) is 79.5 Å². The lowest BCUT2D eigenvalue weighted by atomic mass is 10.2. The van der Waals surface area contributed by atoms with Crippen molar-refractivity contribution >= 4 is 22.4 Å². The van der Waals surface area contributed by atoms with Gasteiger partial charge in [0.25, 0.3) is 5.56 Å². The van der Waals surface area contributed by atoms with Crippen LogP contribution < -0.4 is 49.6 Å². The first-order valence-electron chi connectivity index (χ1n) is 11.4. The van der Waals surface area contributed by atoms with Gasteiger partial charge in [-0.05, 0) is 12.1 Å². The molecule has 9 nitrogen and oxygen atoms in total. The maximum absolute atomic E-state index is 13.1. The highest BCUT2D eigenvalue weighted by Crippen LogP contribution is 2.19. The molecule has 0 radical (unpaired) electrons. The molecular formula is C24H30Cl2N6O3. The summed E-state index contributed by atoms with van der Waals surface area (Å²) in [5, 5.41) is 0. The Hall–Kier alpha value is -2.85. The van der Waals surface area contributed by atoms with E-state index in [1.165, 1.54) is 10.6 Å². The molecule has 1 aliphatic rings. The third-order valence-corrected chi connectivity index (χ3v) is 6.62. The molecule has 0 spiro atoms. The van der Waals surface area contributed by atoms with Gasteiger partial charge < -0.3 is 43.8 Å². The Labute approximate surface area is 216 Å². The summed E-state index contributed by atoms with van der Waals surface area (Å²) in [7, 11) is 3.33. The molecule has 11 heteroatoms. The number of aryl methyl sites for hydroxylation is 1. The van der Waals surface area contributed by atoms with E-state index < -0.39 is 0 Å². The van der Waals surface area contributed by atoms with Crippen LogP contribution in [0.5, 0.6) is 11.6 Å². The average Bonchev–Trinajstić information content (AvgIpc) is 3.37. The quantitative estimate of drug-likeness (QED) is 0.253. The van der Waals surface area contributed by atoms with E-state index in [1.54, 1.807) is 42.1 Å². The second-order valence-corrected chi connectivity index (χ2v) is 8.46. The number of imidazole rings is 1. The van der Waals surface area contributed by atoms with E-state index in [4.69, 9.17) is 9.47 Å². The van der Waals surface area contributed by atoms with Crippen LogP contribution in [-0.2, 0) is 6.54 Å². The van der Waals surface area contributed by atoms with Gasteiger partial charge in [-0.25, -0.2) is 4.98 Å². The number of nitrogens with one attached hydrogen (secondary N) is 2. The summed E-state index contributed by atoms with van der Waals surface area (Å²) < 4.78 is 14.4. The van der Waals surface area contributed by atoms with E-state index in [-0.39, 0.29) is 30.4 Å². The molecule has 5 rings (SSSR count). The van der Waals surface area contributed by atoms with Crippen LogP contribution in [0.3, 0.4) is 0 Å². The van der Waals surface area contributed by atoms with Gasteiger partial charge in [0.1, 0.15) is 38.0 Å². The molecule has 2 N–H and O–H groups in total. The number of rotatable bonds is 7. The molecule has 1 fully saturated rings. The third-order valence-electron chi connectivity index (χ3n) is 6.62. The Kier molecular flexibility index (Phi) is 8.96. The molecule has 1 aromatic carbocycles. The van der Waals surface area contributed by atoms with Crippen molar-refractivity contribution in [2.45, 2.75) is 13.0 Å². The van der Waals surface area contributed by atoms with Crippen LogP contribution >= 0.6 is 0 Å². The molecule has 4 aromatic rings. The van der Waals surface area contributed by atoms with Gasteiger partial charge in [0.05, 0.1) is 32.5 Å². The van der Waals surface area contributed by atoms with Gasteiger partial charge in [0.15, 0.2) is 17.1 Å².